The lowest BCUT2D eigenvalue weighted by Gasteiger charge is -2.39. The molecule has 1 heterocycles. The standard InChI is InChI=1S/C12H17NO2/c1-9-10(14-3)5-4-6-11(9)15-12(2)7-13-8-12/h4-6,13H,7-8H2,1-3H3. The van der Waals surface area contributed by atoms with Crippen molar-refractivity contribution in [3.8, 4) is 11.5 Å². The Morgan fingerprint density at radius 1 is 1.27 bits per heavy atom. The van der Waals surface area contributed by atoms with E-state index < -0.39 is 0 Å². The molecular formula is C12H17NO2. The van der Waals surface area contributed by atoms with E-state index in [0.29, 0.717) is 0 Å². The Labute approximate surface area is 90.4 Å². The van der Waals surface area contributed by atoms with Crippen LogP contribution < -0.4 is 14.8 Å². The zero-order valence-corrected chi connectivity index (χ0v) is 9.46. The highest BCUT2D eigenvalue weighted by molar-refractivity contribution is 5.44. The van der Waals surface area contributed by atoms with Gasteiger partial charge in [-0.3, -0.25) is 0 Å². The first-order valence-electron chi connectivity index (χ1n) is 5.18. The summed E-state index contributed by atoms with van der Waals surface area (Å²) in [5.74, 6) is 1.79. The quantitative estimate of drug-likeness (QED) is 0.819. The van der Waals surface area contributed by atoms with Crippen LogP contribution in [0, 0.1) is 6.92 Å². The lowest BCUT2D eigenvalue weighted by atomic mass is 10.00. The molecule has 0 aromatic heterocycles. The second kappa shape index (κ2) is 3.74. The molecular weight excluding hydrogens is 190 g/mol. The number of ether oxygens (including phenoxy) is 2. The van der Waals surface area contributed by atoms with Crippen LogP contribution in [0.4, 0.5) is 0 Å². The molecule has 1 fully saturated rings. The van der Waals surface area contributed by atoms with Crippen molar-refractivity contribution >= 4 is 0 Å². The van der Waals surface area contributed by atoms with Gasteiger partial charge in [0.25, 0.3) is 0 Å². The number of rotatable bonds is 3. The van der Waals surface area contributed by atoms with Gasteiger partial charge in [-0.1, -0.05) is 6.07 Å². The maximum absolute atomic E-state index is 5.97. The van der Waals surface area contributed by atoms with Gasteiger partial charge in [-0.25, -0.2) is 0 Å². The summed E-state index contributed by atoms with van der Waals surface area (Å²) in [6, 6.07) is 5.89. The van der Waals surface area contributed by atoms with E-state index in [9.17, 15) is 0 Å². The fraction of sp³-hybridized carbons (Fsp3) is 0.500. The summed E-state index contributed by atoms with van der Waals surface area (Å²) in [6.45, 7) is 5.94. The lowest BCUT2D eigenvalue weighted by Crippen LogP contribution is -2.61. The van der Waals surface area contributed by atoms with E-state index in [4.69, 9.17) is 9.47 Å². The molecule has 82 valence electrons. The number of hydrogen-bond acceptors (Lipinski definition) is 3. The molecule has 3 heteroatoms. The van der Waals surface area contributed by atoms with Gasteiger partial charge in [0.15, 0.2) is 0 Å². The van der Waals surface area contributed by atoms with Crippen molar-refractivity contribution in [2.75, 3.05) is 20.2 Å². The van der Waals surface area contributed by atoms with Crippen molar-refractivity contribution < 1.29 is 9.47 Å². The summed E-state index contributed by atoms with van der Waals surface area (Å²) < 4.78 is 11.2. The van der Waals surface area contributed by atoms with Crippen LogP contribution in [0.2, 0.25) is 0 Å². The van der Waals surface area contributed by atoms with Crippen molar-refractivity contribution in [2.24, 2.45) is 0 Å². The van der Waals surface area contributed by atoms with Gasteiger partial charge in [0.2, 0.25) is 0 Å². The second-order valence-electron chi connectivity index (χ2n) is 4.24. The van der Waals surface area contributed by atoms with E-state index in [1.807, 2.05) is 25.1 Å². The van der Waals surface area contributed by atoms with Gasteiger partial charge < -0.3 is 14.8 Å². The van der Waals surface area contributed by atoms with Gasteiger partial charge in [0.05, 0.1) is 7.11 Å². The zero-order valence-electron chi connectivity index (χ0n) is 9.46. The number of hydrogen-bond donors (Lipinski definition) is 1. The van der Waals surface area contributed by atoms with Crippen LogP contribution in [0.25, 0.3) is 0 Å². The maximum Gasteiger partial charge on any atom is 0.131 e. The van der Waals surface area contributed by atoms with Gasteiger partial charge in [-0.15, -0.1) is 0 Å². The van der Waals surface area contributed by atoms with Gasteiger partial charge in [-0.2, -0.15) is 0 Å². The fourth-order valence-electron chi connectivity index (χ4n) is 1.74. The van der Waals surface area contributed by atoms with Crippen molar-refractivity contribution in [3.05, 3.63) is 23.8 Å². The Kier molecular flexibility index (Phi) is 2.57. The molecule has 15 heavy (non-hydrogen) atoms. The van der Waals surface area contributed by atoms with Crippen molar-refractivity contribution in [1.29, 1.82) is 0 Å². The Hall–Kier alpha value is -1.22. The first-order chi connectivity index (χ1) is 7.14. The number of nitrogens with one attached hydrogen (secondary N) is 1. The van der Waals surface area contributed by atoms with Crippen LogP contribution in [0.1, 0.15) is 12.5 Å². The minimum Gasteiger partial charge on any atom is -0.496 e. The molecule has 1 saturated heterocycles. The Morgan fingerprint density at radius 3 is 2.47 bits per heavy atom. The first-order valence-corrected chi connectivity index (χ1v) is 5.18. The maximum atomic E-state index is 5.97. The van der Waals surface area contributed by atoms with Crippen LogP contribution in [-0.4, -0.2) is 25.8 Å². The molecule has 0 atom stereocenters. The highest BCUT2D eigenvalue weighted by Crippen LogP contribution is 2.30. The summed E-state index contributed by atoms with van der Waals surface area (Å²) >= 11 is 0. The van der Waals surface area contributed by atoms with Crippen LogP contribution in [0.3, 0.4) is 0 Å². The van der Waals surface area contributed by atoms with E-state index in [-0.39, 0.29) is 5.60 Å². The number of benzene rings is 1. The Balaban J connectivity index is 2.20. The molecule has 0 aliphatic carbocycles. The molecule has 1 N–H and O–H groups in total. The summed E-state index contributed by atoms with van der Waals surface area (Å²) in [4.78, 5) is 0. The highest BCUT2D eigenvalue weighted by Gasteiger charge is 2.34. The van der Waals surface area contributed by atoms with E-state index in [1.165, 1.54) is 0 Å². The summed E-state index contributed by atoms with van der Waals surface area (Å²) in [5.41, 5.74) is 1.00. The van der Waals surface area contributed by atoms with E-state index in [2.05, 4.69) is 12.2 Å². The van der Waals surface area contributed by atoms with Crippen molar-refractivity contribution in [2.45, 2.75) is 19.4 Å². The highest BCUT2D eigenvalue weighted by atomic mass is 16.5. The molecule has 0 radical (unpaired) electrons. The molecule has 1 aliphatic rings. The van der Waals surface area contributed by atoms with Gasteiger partial charge in [0, 0.05) is 18.7 Å². The molecule has 0 amide bonds. The predicted octanol–water partition coefficient (Wildman–Crippen LogP) is 1.74. The average Bonchev–Trinajstić information content (AvgIpc) is 2.19. The lowest BCUT2D eigenvalue weighted by molar-refractivity contribution is 0.0340. The zero-order chi connectivity index (χ0) is 10.9. The smallest absolute Gasteiger partial charge is 0.131 e. The topological polar surface area (TPSA) is 30.5 Å². The van der Waals surface area contributed by atoms with Crippen LogP contribution >= 0.6 is 0 Å². The molecule has 3 nitrogen and oxygen atoms in total. The third kappa shape index (κ3) is 1.92. The molecule has 1 aliphatic heterocycles. The van der Waals surface area contributed by atoms with Gasteiger partial charge in [0.1, 0.15) is 17.1 Å². The van der Waals surface area contributed by atoms with E-state index in [1.54, 1.807) is 7.11 Å². The number of methoxy groups -OCH3 is 1. The summed E-state index contributed by atoms with van der Waals surface area (Å²) in [7, 11) is 1.68. The minimum atomic E-state index is -0.0584. The molecule has 0 bridgehead atoms. The summed E-state index contributed by atoms with van der Waals surface area (Å²) in [5, 5.41) is 3.21. The molecule has 1 aromatic rings. The van der Waals surface area contributed by atoms with Gasteiger partial charge >= 0.3 is 0 Å². The average molecular weight is 207 g/mol. The van der Waals surface area contributed by atoms with Crippen LogP contribution in [0.15, 0.2) is 18.2 Å². The first kappa shape index (κ1) is 10.3. The molecule has 2 rings (SSSR count). The molecule has 0 saturated carbocycles. The van der Waals surface area contributed by atoms with E-state index in [0.717, 1.165) is 30.2 Å². The molecule has 0 spiro atoms. The normalized spacial score (nSPS) is 18.1. The largest absolute Gasteiger partial charge is 0.496 e. The fourth-order valence-corrected chi connectivity index (χ4v) is 1.74. The molecule has 0 unspecified atom stereocenters. The summed E-state index contributed by atoms with van der Waals surface area (Å²) in [6.07, 6.45) is 0. The SMILES string of the molecule is COc1cccc(OC2(C)CNC2)c1C. The van der Waals surface area contributed by atoms with Crippen molar-refractivity contribution in [1.82, 2.24) is 5.32 Å². The predicted molar refractivity (Wildman–Crippen MR) is 59.6 cm³/mol. The third-order valence-electron chi connectivity index (χ3n) is 2.81. The minimum absolute atomic E-state index is 0.0584. The monoisotopic (exact) mass is 207 g/mol. The van der Waals surface area contributed by atoms with Gasteiger partial charge in [-0.05, 0) is 26.0 Å². The third-order valence-corrected chi connectivity index (χ3v) is 2.81. The van der Waals surface area contributed by atoms with Crippen LogP contribution in [0.5, 0.6) is 11.5 Å². The second-order valence-corrected chi connectivity index (χ2v) is 4.24. The Bertz CT molecular complexity index is 359. The van der Waals surface area contributed by atoms with Crippen LogP contribution in [-0.2, 0) is 0 Å². The van der Waals surface area contributed by atoms with E-state index >= 15 is 0 Å². The van der Waals surface area contributed by atoms with Crippen molar-refractivity contribution in [3.63, 3.8) is 0 Å². The Morgan fingerprint density at radius 2 is 1.93 bits per heavy atom. The molecule has 1 aromatic carbocycles.